The van der Waals surface area contributed by atoms with Gasteiger partial charge in [0.05, 0.1) is 24.1 Å². The molecule has 9 heteroatoms. The molecule has 8 nitrogen and oxygen atoms in total. The Morgan fingerprint density at radius 3 is 2.69 bits per heavy atom. The molecule has 2 aromatic carbocycles. The second-order valence-corrected chi connectivity index (χ2v) is 6.05. The van der Waals surface area contributed by atoms with Gasteiger partial charge in [0.25, 0.3) is 5.91 Å². The summed E-state index contributed by atoms with van der Waals surface area (Å²) in [5.41, 5.74) is 7.09. The number of nitrogens with zero attached hydrogens (tertiary/aromatic N) is 2. The third-order valence-electron chi connectivity index (χ3n) is 4.02. The summed E-state index contributed by atoms with van der Waals surface area (Å²) in [6.07, 6.45) is 1.34. The first-order chi connectivity index (χ1) is 14.0. The van der Waals surface area contributed by atoms with Gasteiger partial charge in [-0.15, -0.1) is 0 Å². The third kappa shape index (κ3) is 4.77. The molecule has 0 saturated carbocycles. The van der Waals surface area contributed by atoms with Crippen LogP contribution in [0.1, 0.15) is 15.9 Å². The second-order valence-electron chi connectivity index (χ2n) is 6.05. The minimum Gasteiger partial charge on any atom is -0.484 e. The molecule has 0 aliphatic rings. The van der Waals surface area contributed by atoms with Crippen LogP contribution in [0, 0.1) is 5.82 Å². The van der Waals surface area contributed by atoms with Gasteiger partial charge in [-0.25, -0.2) is 9.07 Å². The number of halogens is 1. The van der Waals surface area contributed by atoms with Crippen molar-refractivity contribution in [2.75, 3.05) is 25.5 Å². The summed E-state index contributed by atoms with van der Waals surface area (Å²) >= 11 is 0. The second kappa shape index (κ2) is 8.98. The molecule has 150 valence electrons. The Balaban J connectivity index is 1.75. The lowest BCUT2D eigenvalue weighted by atomic mass is 10.1. The molecule has 4 N–H and O–H groups in total. The van der Waals surface area contributed by atoms with E-state index in [-0.39, 0.29) is 42.8 Å². The van der Waals surface area contributed by atoms with Crippen LogP contribution >= 0.6 is 0 Å². The number of nitrogen functional groups attached to an aromatic ring is 1. The van der Waals surface area contributed by atoms with E-state index in [1.54, 1.807) is 18.2 Å². The van der Waals surface area contributed by atoms with Crippen LogP contribution in [0.25, 0.3) is 5.69 Å². The number of anilines is 1. The van der Waals surface area contributed by atoms with Gasteiger partial charge in [0.1, 0.15) is 17.4 Å². The number of ketones is 1. The molecule has 29 heavy (non-hydrogen) atoms. The average Bonchev–Trinajstić information content (AvgIpc) is 3.12. The van der Waals surface area contributed by atoms with Crippen molar-refractivity contribution in [1.82, 2.24) is 15.1 Å². The number of hydrogen-bond acceptors (Lipinski definition) is 6. The quantitative estimate of drug-likeness (QED) is 0.492. The summed E-state index contributed by atoms with van der Waals surface area (Å²) in [7, 11) is 0. The van der Waals surface area contributed by atoms with Gasteiger partial charge >= 0.3 is 0 Å². The van der Waals surface area contributed by atoms with Crippen molar-refractivity contribution in [1.29, 1.82) is 0 Å². The number of aliphatic hydroxyl groups is 1. The minimum absolute atomic E-state index is 0.122. The van der Waals surface area contributed by atoms with Crippen LogP contribution in [-0.4, -0.2) is 46.3 Å². The van der Waals surface area contributed by atoms with Crippen molar-refractivity contribution in [3.05, 3.63) is 71.7 Å². The van der Waals surface area contributed by atoms with Crippen LogP contribution in [0.5, 0.6) is 5.75 Å². The van der Waals surface area contributed by atoms with Crippen molar-refractivity contribution in [3.63, 3.8) is 0 Å². The summed E-state index contributed by atoms with van der Waals surface area (Å²) in [5, 5.41) is 15.3. The van der Waals surface area contributed by atoms with Crippen molar-refractivity contribution >= 4 is 17.5 Å². The molecule has 0 radical (unpaired) electrons. The van der Waals surface area contributed by atoms with Crippen molar-refractivity contribution in [2.45, 2.75) is 0 Å². The number of carbonyl (C=O) groups excluding carboxylic acids is 2. The molecular weight excluding hydrogens is 379 g/mol. The fourth-order valence-electron chi connectivity index (χ4n) is 2.60. The number of benzene rings is 2. The molecule has 0 aliphatic carbocycles. The van der Waals surface area contributed by atoms with Gasteiger partial charge in [-0.3, -0.25) is 9.59 Å². The van der Waals surface area contributed by atoms with Gasteiger partial charge < -0.3 is 20.9 Å². The lowest BCUT2D eigenvalue weighted by molar-refractivity contribution is -0.123. The molecule has 1 amide bonds. The normalized spacial score (nSPS) is 10.6. The number of amides is 1. The fourth-order valence-corrected chi connectivity index (χ4v) is 2.60. The van der Waals surface area contributed by atoms with Crippen LogP contribution in [0.3, 0.4) is 0 Å². The zero-order chi connectivity index (χ0) is 20.8. The van der Waals surface area contributed by atoms with Crippen molar-refractivity contribution < 1.29 is 23.8 Å². The van der Waals surface area contributed by atoms with Crippen LogP contribution in [-0.2, 0) is 4.79 Å². The Labute approximate surface area is 165 Å². The SMILES string of the molecule is Nc1c(C(=O)c2cccc(OCC(=O)NCCO)c2)cnn1-c1ccc(F)cc1. The summed E-state index contributed by atoms with van der Waals surface area (Å²) in [5.74, 6) is -0.694. The Kier molecular flexibility index (Phi) is 6.20. The van der Waals surface area contributed by atoms with Gasteiger partial charge in [0.15, 0.2) is 12.4 Å². The van der Waals surface area contributed by atoms with E-state index >= 15 is 0 Å². The van der Waals surface area contributed by atoms with Crippen LogP contribution < -0.4 is 15.8 Å². The number of nitrogens with two attached hydrogens (primary N) is 1. The summed E-state index contributed by atoms with van der Waals surface area (Å²) in [6.45, 7) is -0.275. The molecule has 0 fully saturated rings. The number of aromatic nitrogens is 2. The van der Waals surface area contributed by atoms with Crippen LogP contribution in [0.4, 0.5) is 10.2 Å². The number of ether oxygens (including phenoxy) is 1. The summed E-state index contributed by atoms with van der Waals surface area (Å²) in [6, 6.07) is 11.9. The first-order valence-corrected chi connectivity index (χ1v) is 8.74. The summed E-state index contributed by atoms with van der Waals surface area (Å²) in [4.78, 5) is 24.4. The highest BCUT2D eigenvalue weighted by molar-refractivity contribution is 6.11. The standard InChI is InChI=1S/C20H19FN4O4/c21-14-4-6-15(7-5-14)25-20(22)17(11-24-25)19(28)13-2-1-3-16(10-13)29-12-18(27)23-8-9-26/h1-7,10-11,26H,8-9,12,22H2,(H,23,27). The maximum absolute atomic E-state index is 13.1. The lowest BCUT2D eigenvalue weighted by Crippen LogP contribution is -2.31. The van der Waals surface area contributed by atoms with Crippen molar-refractivity contribution in [2.24, 2.45) is 0 Å². The van der Waals surface area contributed by atoms with E-state index in [1.165, 1.54) is 41.2 Å². The average molecular weight is 398 g/mol. The predicted molar refractivity (Wildman–Crippen MR) is 103 cm³/mol. The molecule has 0 atom stereocenters. The Hall–Kier alpha value is -3.72. The Bertz CT molecular complexity index is 1020. The lowest BCUT2D eigenvalue weighted by Gasteiger charge is -2.08. The van der Waals surface area contributed by atoms with E-state index in [0.717, 1.165) is 0 Å². The number of carbonyl (C=O) groups is 2. The third-order valence-corrected chi connectivity index (χ3v) is 4.02. The monoisotopic (exact) mass is 398 g/mol. The Morgan fingerprint density at radius 1 is 1.21 bits per heavy atom. The number of nitrogens with one attached hydrogen (secondary N) is 1. The zero-order valence-electron chi connectivity index (χ0n) is 15.3. The van der Waals surface area contributed by atoms with Crippen LogP contribution in [0.15, 0.2) is 54.7 Å². The molecular formula is C20H19FN4O4. The van der Waals surface area contributed by atoms with Gasteiger partial charge in [0, 0.05) is 12.1 Å². The van der Waals surface area contributed by atoms with Gasteiger partial charge in [0.2, 0.25) is 0 Å². The molecule has 0 spiro atoms. The van der Waals surface area contributed by atoms with Gasteiger partial charge in [-0.1, -0.05) is 12.1 Å². The van der Waals surface area contributed by atoms with Gasteiger partial charge in [-0.2, -0.15) is 5.10 Å². The molecule has 1 aromatic heterocycles. The molecule has 0 unspecified atom stereocenters. The molecule has 1 heterocycles. The first kappa shape index (κ1) is 20.0. The molecule has 3 rings (SSSR count). The zero-order valence-corrected chi connectivity index (χ0v) is 15.3. The number of hydrogen-bond donors (Lipinski definition) is 3. The maximum Gasteiger partial charge on any atom is 0.258 e. The fraction of sp³-hybridized carbons (Fsp3) is 0.150. The topological polar surface area (TPSA) is 119 Å². The largest absolute Gasteiger partial charge is 0.484 e. The van der Waals surface area contributed by atoms with E-state index in [9.17, 15) is 14.0 Å². The van der Waals surface area contributed by atoms with E-state index < -0.39 is 5.82 Å². The highest BCUT2D eigenvalue weighted by Gasteiger charge is 2.18. The smallest absolute Gasteiger partial charge is 0.258 e. The molecule has 0 saturated heterocycles. The van der Waals surface area contributed by atoms with Crippen LogP contribution in [0.2, 0.25) is 0 Å². The van der Waals surface area contributed by atoms with E-state index in [1.807, 2.05) is 0 Å². The van der Waals surface area contributed by atoms with E-state index in [2.05, 4.69) is 10.4 Å². The highest BCUT2D eigenvalue weighted by atomic mass is 19.1. The predicted octanol–water partition coefficient (Wildman–Crippen LogP) is 1.31. The maximum atomic E-state index is 13.1. The van der Waals surface area contributed by atoms with Gasteiger partial charge in [-0.05, 0) is 36.4 Å². The molecule has 0 aliphatic heterocycles. The number of rotatable bonds is 8. The summed E-state index contributed by atoms with van der Waals surface area (Å²) < 4.78 is 19.8. The van der Waals surface area contributed by atoms with E-state index in [4.69, 9.17) is 15.6 Å². The van der Waals surface area contributed by atoms with E-state index in [0.29, 0.717) is 17.0 Å². The van der Waals surface area contributed by atoms with Crippen molar-refractivity contribution in [3.8, 4) is 11.4 Å². The molecule has 0 bridgehead atoms. The highest BCUT2D eigenvalue weighted by Crippen LogP contribution is 2.22. The minimum atomic E-state index is -0.391. The number of aliphatic hydroxyl groups excluding tert-OH is 1. The first-order valence-electron chi connectivity index (χ1n) is 8.74. The Morgan fingerprint density at radius 2 is 1.97 bits per heavy atom. The molecule has 3 aromatic rings.